The first-order chi connectivity index (χ1) is 11.9. The molecule has 1 aliphatic heterocycles. The molecule has 2 fully saturated rings. The number of hydrogen-bond donors (Lipinski definition) is 1. The third-order valence-electron chi connectivity index (χ3n) is 5.07. The maximum absolute atomic E-state index is 12.8. The van der Waals surface area contributed by atoms with Crippen LogP contribution in [0.2, 0.25) is 0 Å². The predicted octanol–water partition coefficient (Wildman–Crippen LogP) is 3.89. The molecular formula is C20H30N2O3. The topological polar surface area (TPSA) is 50.8 Å². The van der Waals surface area contributed by atoms with Gasteiger partial charge in [-0.2, -0.15) is 0 Å². The summed E-state index contributed by atoms with van der Waals surface area (Å²) in [5, 5.41) is 3.77. The van der Waals surface area contributed by atoms with Gasteiger partial charge in [-0.05, 0) is 51.3 Å². The fraction of sp³-hybridized carbons (Fsp3) is 0.650. The molecule has 0 aromatic heterocycles. The lowest BCUT2D eigenvalue weighted by Gasteiger charge is -2.47. The number of methoxy groups -OCH3 is 1. The highest BCUT2D eigenvalue weighted by Crippen LogP contribution is 2.33. The molecule has 1 aromatic rings. The van der Waals surface area contributed by atoms with Crippen LogP contribution in [0.25, 0.3) is 0 Å². The van der Waals surface area contributed by atoms with Gasteiger partial charge >= 0.3 is 6.09 Å². The molecule has 1 heterocycles. The molecule has 1 aliphatic carbocycles. The summed E-state index contributed by atoms with van der Waals surface area (Å²) in [7, 11) is 1.67. The van der Waals surface area contributed by atoms with Gasteiger partial charge in [0.1, 0.15) is 11.4 Å². The lowest BCUT2D eigenvalue weighted by atomic mass is 9.85. The molecule has 3 rings (SSSR count). The van der Waals surface area contributed by atoms with Crippen LogP contribution in [-0.2, 0) is 4.74 Å². The Morgan fingerprint density at radius 1 is 1.16 bits per heavy atom. The molecule has 0 unspecified atom stereocenters. The van der Waals surface area contributed by atoms with Gasteiger partial charge in [-0.15, -0.1) is 0 Å². The van der Waals surface area contributed by atoms with E-state index in [0.29, 0.717) is 12.6 Å². The van der Waals surface area contributed by atoms with E-state index in [-0.39, 0.29) is 18.2 Å². The number of benzene rings is 1. The van der Waals surface area contributed by atoms with Gasteiger partial charge in [0.15, 0.2) is 0 Å². The Hall–Kier alpha value is -1.75. The summed E-state index contributed by atoms with van der Waals surface area (Å²) in [5.41, 5.74) is 0.709. The molecule has 5 nitrogen and oxygen atoms in total. The van der Waals surface area contributed by atoms with Crippen molar-refractivity contribution in [1.82, 2.24) is 10.2 Å². The summed E-state index contributed by atoms with van der Waals surface area (Å²) in [6.07, 6.45) is 4.36. The van der Waals surface area contributed by atoms with Crippen LogP contribution in [0.5, 0.6) is 5.75 Å². The fourth-order valence-corrected chi connectivity index (χ4v) is 3.89. The Labute approximate surface area is 150 Å². The minimum absolute atomic E-state index is 0.123. The number of ether oxygens (including phenoxy) is 2. The molecule has 138 valence electrons. The van der Waals surface area contributed by atoms with Crippen LogP contribution >= 0.6 is 0 Å². The second kappa shape index (κ2) is 7.24. The van der Waals surface area contributed by atoms with Gasteiger partial charge in [0.25, 0.3) is 0 Å². The molecule has 0 bridgehead atoms. The van der Waals surface area contributed by atoms with E-state index in [1.807, 2.05) is 37.8 Å². The summed E-state index contributed by atoms with van der Waals surface area (Å²) < 4.78 is 10.9. The number of nitrogens with one attached hydrogen (secondary N) is 1. The van der Waals surface area contributed by atoms with Crippen LogP contribution in [0, 0.1) is 0 Å². The Kier molecular flexibility index (Phi) is 5.23. The number of fused-ring (bicyclic) bond motifs is 1. The van der Waals surface area contributed by atoms with Crippen molar-refractivity contribution in [2.75, 3.05) is 13.7 Å². The first-order valence-corrected chi connectivity index (χ1v) is 9.27. The maximum Gasteiger partial charge on any atom is 0.410 e. The molecule has 1 amide bonds. The van der Waals surface area contributed by atoms with E-state index in [1.54, 1.807) is 7.11 Å². The third kappa shape index (κ3) is 4.27. The normalized spacial score (nSPS) is 26.7. The van der Waals surface area contributed by atoms with Crippen LogP contribution < -0.4 is 10.1 Å². The molecular weight excluding hydrogens is 316 g/mol. The number of nitrogens with zero attached hydrogens (tertiary/aromatic N) is 1. The standard InChI is InChI=1S/C20H30N2O3/c1-20(2,3)25-19(23)22-13-17(14-9-11-15(24-4)12-10-14)21-16-7-5-6-8-18(16)22/h9-12,16-18,21H,5-8,13H2,1-4H3/t16-,17-,18-/m0/s1. The van der Waals surface area contributed by atoms with E-state index in [1.165, 1.54) is 18.4 Å². The van der Waals surface area contributed by atoms with E-state index in [4.69, 9.17) is 9.47 Å². The van der Waals surface area contributed by atoms with Gasteiger partial charge in [0, 0.05) is 12.6 Å². The number of hydrogen-bond acceptors (Lipinski definition) is 4. The zero-order valence-electron chi connectivity index (χ0n) is 15.7. The minimum atomic E-state index is -0.471. The van der Waals surface area contributed by atoms with Crippen molar-refractivity contribution in [1.29, 1.82) is 0 Å². The van der Waals surface area contributed by atoms with Gasteiger partial charge < -0.3 is 19.7 Å². The van der Waals surface area contributed by atoms with Crippen molar-refractivity contribution in [3.63, 3.8) is 0 Å². The van der Waals surface area contributed by atoms with Crippen LogP contribution in [0.4, 0.5) is 4.79 Å². The third-order valence-corrected chi connectivity index (χ3v) is 5.07. The van der Waals surface area contributed by atoms with Crippen LogP contribution in [0.3, 0.4) is 0 Å². The predicted molar refractivity (Wildman–Crippen MR) is 97.9 cm³/mol. The highest BCUT2D eigenvalue weighted by atomic mass is 16.6. The van der Waals surface area contributed by atoms with Gasteiger partial charge in [-0.1, -0.05) is 25.0 Å². The van der Waals surface area contributed by atoms with Crippen LogP contribution in [0.15, 0.2) is 24.3 Å². The van der Waals surface area contributed by atoms with E-state index in [2.05, 4.69) is 17.4 Å². The highest BCUT2D eigenvalue weighted by molar-refractivity contribution is 5.69. The monoisotopic (exact) mass is 346 g/mol. The average molecular weight is 346 g/mol. The van der Waals surface area contributed by atoms with E-state index >= 15 is 0 Å². The minimum Gasteiger partial charge on any atom is -0.497 e. The van der Waals surface area contributed by atoms with Gasteiger partial charge in [0.2, 0.25) is 0 Å². The average Bonchev–Trinajstić information content (AvgIpc) is 2.59. The number of rotatable bonds is 2. The number of piperazine rings is 1. The molecule has 0 spiro atoms. The smallest absolute Gasteiger partial charge is 0.410 e. The van der Waals surface area contributed by atoms with Gasteiger partial charge in [-0.3, -0.25) is 0 Å². The van der Waals surface area contributed by atoms with Gasteiger partial charge in [0.05, 0.1) is 19.2 Å². The van der Waals surface area contributed by atoms with Crippen molar-refractivity contribution in [2.24, 2.45) is 0 Å². The first-order valence-electron chi connectivity index (χ1n) is 9.27. The molecule has 5 heteroatoms. The number of carbonyl (C=O) groups excluding carboxylic acids is 1. The van der Waals surface area contributed by atoms with Crippen molar-refractivity contribution in [3.05, 3.63) is 29.8 Å². The van der Waals surface area contributed by atoms with Crippen molar-refractivity contribution < 1.29 is 14.3 Å². The van der Waals surface area contributed by atoms with E-state index in [9.17, 15) is 4.79 Å². The molecule has 2 aliphatic rings. The van der Waals surface area contributed by atoms with Gasteiger partial charge in [-0.25, -0.2) is 4.79 Å². The lowest BCUT2D eigenvalue weighted by Crippen LogP contribution is -2.62. The Balaban J connectivity index is 1.80. The molecule has 25 heavy (non-hydrogen) atoms. The summed E-state index contributed by atoms with van der Waals surface area (Å²) in [4.78, 5) is 14.8. The molecule has 1 saturated carbocycles. The van der Waals surface area contributed by atoms with Crippen molar-refractivity contribution in [3.8, 4) is 5.75 Å². The Morgan fingerprint density at radius 3 is 2.48 bits per heavy atom. The highest BCUT2D eigenvalue weighted by Gasteiger charge is 2.41. The summed E-state index contributed by atoms with van der Waals surface area (Å²) in [6, 6.07) is 8.79. The second-order valence-electron chi connectivity index (χ2n) is 8.08. The van der Waals surface area contributed by atoms with Crippen molar-refractivity contribution >= 4 is 6.09 Å². The largest absolute Gasteiger partial charge is 0.497 e. The summed E-state index contributed by atoms with van der Waals surface area (Å²) in [6.45, 7) is 6.41. The molecule has 3 atom stereocenters. The molecule has 1 N–H and O–H groups in total. The first kappa shape index (κ1) is 18.1. The Morgan fingerprint density at radius 2 is 1.84 bits per heavy atom. The van der Waals surface area contributed by atoms with Crippen LogP contribution in [0.1, 0.15) is 58.1 Å². The van der Waals surface area contributed by atoms with E-state index in [0.717, 1.165) is 18.6 Å². The maximum atomic E-state index is 12.8. The summed E-state index contributed by atoms with van der Waals surface area (Å²) >= 11 is 0. The molecule has 1 aromatic carbocycles. The Bertz CT molecular complexity index is 594. The summed E-state index contributed by atoms with van der Waals surface area (Å²) in [5.74, 6) is 0.846. The SMILES string of the molecule is COc1ccc([C@@H]2CN(C(=O)OC(C)(C)C)[C@H]3CCCC[C@@H]3N2)cc1. The zero-order valence-corrected chi connectivity index (χ0v) is 15.7. The molecule has 1 saturated heterocycles. The quantitative estimate of drug-likeness (QED) is 0.883. The van der Waals surface area contributed by atoms with Crippen molar-refractivity contribution in [2.45, 2.75) is 70.2 Å². The molecule has 0 radical (unpaired) electrons. The fourth-order valence-electron chi connectivity index (χ4n) is 3.89. The number of carbonyl (C=O) groups is 1. The van der Waals surface area contributed by atoms with E-state index < -0.39 is 5.60 Å². The zero-order chi connectivity index (χ0) is 18.0. The second-order valence-corrected chi connectivity index (χ2v) is 8.08. The van der Waals surface area contributed by atoms with Crippen LogP contribution in [-0.4, -0.2) is 42.3 Å². The number of amides is 1. The lowest BCUT2D eigenvalue weighted by molar-refractivity contribution is -0.00711.